The fraction of sp³-hybridized carbons (Fsp3) is 0.409. The number of aromatic nitrogens is 4. The van der Waals surface area contributed by atoms with E-state index in [1.807, 2.05) is 25.1 Å². The molecule has 3 heterocycles. The van der Waals surface area contributed by atoms with Gasteiger partial charge in [-0.15, -0.1) is 0 Å². The number of likely N-dealkylation sites (tertiary alicyclic amines) is 1. The van der Waals surface area contributed by atoms with Crippen LogP contribution < -0.4 is 4.74 Å². The molecule has 3 aromatic rings. The summed E-state index contributed by atoms with van der Waals surface area (Å²) in [5, 5.41) is 3.66. The van der Waals surface area contributed by atoms with Crippen LogP contribution in [0.1, 0.15) is 42.6 Å². The lowest BCUT2D eigenvalue weighted by atomic mass is 9.92. The highest BCUT2D eigenvalue weighted by molar-refractivity contribution is 5.33. The Morgan fingerprint density at radius 3 is 2.71 bits per heavy atom. The summed E-state index contributed by atoms with van der Waals surface area (Å²) < 4.78 is 46.8. The quantitative estimate of drug-likeness (QED) is 0.539. The SMILES string of the molecule is C=C(C)COc1cccc(CN2CCC(c3cc(C(F)(F)F)n4ncnc4n3)CC2)c1. The second-order valence-corrected chi connectivity index (χ2v) is 7.98. The van der Waals surface area contributed by atoms with Crippen LogP contribution >= 0.6 is 0 Å². The van der Waals surface area contributed by atoms with Crippen LogP contribution in [-0.4, -0.2) is 44.2 Å². The van der Waals surface area contributed by atoms with Gasteiger partial charge in [0.2, 0.25) is 0 Å². The first-order valence-corrected chi connectivity index (χ1v) is 10.2. The van der Waals surface area contributed by atoms with E-state index in [2.05, 4.69) is 32.6 Å². The van der Waals surface area contributed by atoms with E-state index in [1.165, 1.54) is 0 Å². The smallest absolute Gasteiger partial charge is 0.433 e. The van der Waals surface area contributed by atoms with Crippen LogP contribution in [0.5, 0.6) is 5.75 Å². The van der Waals surface area contributed by atoms with Crippen molar-refractivity contribution in [2.75, 3.05) is 19.7 Å². The van der Waals surface area contributed by atoms with Crippen LogP contribution in [0.25, 0.3) is 5.78 Å². The van der Waals surface area contributed by atoms with Gasteiger partial charge in [-0.25, -0.2) is 4.98 Å². The van der Waals surface area contributed by atoms with E-state index >= 15 is 0 Å². The van der Waals surface area contributed by atoms with Gasteiger partial charge in [0.15, 0.2) is 5.69 Å². The number of ether oxygens (including phenoxy) is 1. The predicted octanol–water partition coefficient (Wildman–Crippen LogP) is 4.48. The standard InChI is InChI=1S/C22H24F3N5O/c1-15(2)13-31-18-5-3-4-16(10-18)12-29-8-6-17(7-9-29)19-11-20(22(23,24)25)30-21(28-19)26-14-27-30/h3-5,10-11,14,17H,1,6-9,12-13H2,2H3. The van der Waals surface area contributed by atoms with Crippen LogP contribution in [0, 0.1) is 0 Å². The third-order valence-corrected chi connectivity index (χ3v) is 5.36. The number of fused-ring (bicyclic) bond motifs is 1. The number of halogens is 3. The third-order valence-electron chi connectivity index (χ3n) is 5.36. The van der Waals surface area contributed by atoms with Crippen molar-refractivity contribution in [1.82, 2.24) is 24.5 Å². The number of benzene rings is 1. The van der Waals surface area contributed by atoms with Gasteiger partial charge in [0.1, 0.15) is 18.7 Å². The lowest BCUT2D eigenvalue weighted by molar-refractivity contribution is -0.142. The second-order valence-electron chi connectivity index (χ2n) is 7.98. The van der Waals surface area contributed by atoms with Crippen LogP contribution in [0.2, 0.25) is 0 Å². The average molecular weight is 431 g/mol. The zero-order chi connectivity index (χ0) is 22.0. The first-order chi connectivity index (χ1) is 14.8. The van der Waals surface area contributed by atoms with Gasteiger partial charge in [-0.1, -0.05) is 18.7 Å². The number of rotatable bonds is 6. The fourth-order valence-corrected chi connectivity index (χ4v) is 3.83. The molecule has 1 aliphatic rings. The van der Waals surface area contributed by atoms with Crippen molar-refractivity contribution in [3.05, 3.63) is 65.8 Å². The lowest BCUT2D eigenvalue weighted by Gasteiger charge is -2.32. The van der Waals surface area contributed by atoms with E-state index in [0.29, 0.717) is 12.3 Å². The lowest BCUT2D eigenvalue weighted by Crippen LogP contribution is -2.33. The Morgan fingerprint density at radius 1 is 1.23 bits per heavy atom. The molecule has 9 heteroatoms. The molecule has 0 atom stereocenters. The topological polar surface area (TPSA) is 55.6 Å². The zero-order valence-corrected chi connectivity index (χ0v) is 17.3. The summed E-state index contributed by atoms with van der Waals surface area (Å²) >= 11 is 0. The molecule has 4 rings (SSSR count). The molecule has 1 fully saturated rings. The van der Waals surface area contributed by atoms with Gasteiger partial charge < -0.3 is 4.74 Å². The van der Waals surface area contributed by atoms with E-state index in [9.17, 15) is 13.2 Å². The maximum atomic E-state index is 13.4. The van der Waals surface area contributed by atoms with E-state index in [0.717, 1.165) is 66.3 Å². The van der Waals surface area contributed by atoms with Crippen LogP contribution in [0.4, 0.5) is 13.2 Å². The Kier molecular flexibility index (Phi) is 5.95. The average Bonchev–Trinajstić information content (AvgIpc) is 3.20. The third kappa shape index (κ3) is 5.04. The highest BCUT2D eigenvalue weighted by atomic mass is 19.4. The summed E-state index contributed by atoms with van der Waals surface area (Å²) in [6.45, 7) is 8.57. The van der Waals surface area contributed by atoms with Gasteiger partial charge >= 0.3 is 6.18 Å². The fourth-order valence-electron chi connectivity index (χ4n) is 3.83. The van der Waals surface area contributed by atoms with Gasteiger partial charge in [-0.3, -0.25) is 4.90 Å². The Morgan fingerprint density at radius 2 is 2.00 bits per heavy atom. The first-order valence-electron chi connectivity index (χ1n) is 10.2. The van der Waals surface area contributed by atoms with Gasteiger partial charge in [0.25, 0.3) is 5.78 Å². The summed E-state index contributed by atoms with van der Waals surface area (Å²) in [5.74, 6) is 0.754. The Hall–Kier alpha value is -2.94. The van der Waals surface area contributed by atoms with Crippen LogP contribution in [-0.2, 0) is 12.7 Å². The van der Waals surface area contributed by atoms with E-state index in [4.69, 9.17) is 4.74 Å². The summed E-state index contributed by atoms with van der Waals surface area (Å²) in [6, 6.07) is 9.07. The molecular weight excluding hydrogens is 407 g/mol. The van der Waals surface area contributed by atoms with Crippen molar-refractivity contribution in [2.45, 2.75) is 38.4 Å². The van der Waals surface area contributed by atoms with Gasteiger partial charge in [0.05, 0.1) is 0 Å². The molecule has 0 saturated carbocycles. The molecule has 2 aromatic heterocycles. The molecular formula is C22H24F3N5O. The molecule has 0 radical (unpaired) electrons. The zero-order valence-electron chi connectivity index (χ0n) is 17.3. The molecule has 1 saturated heterocycles. The monoisotopic (exact) mass is 431 g/mol. The molecule has 0 spiro atoms. The maximum absolute atomic E-state index is 13.4. The molecule has 31 heavy (non-hydrogen) atoms. The normalized spacial score (nSPS) is 16.0. The highest BCUT2D eigenvalue weighted by Gasteiger charge is 2.36. The Balaban J connectivity index is 1.41. The van der Waals surface area contributed by atoms with Crippen molar-refractivity contribution < 1.29 is 17.9 Å². The van der Waals surface area contributed by atoms with Gasteiger partial charge in [-0.05, 0) is 62.2 Å². The van der Waals surface area contributed by atoms with Crippen molar-refractivity contribution in [1.29, 1.82) is 0 Å². The van der Waals surface area contributed by atoms with E-state index in [-0.39, 0.29) is 11.7 Å². The summed E-state index contributed by atoms with van der Waals surface area (Å²) in [4.78, 5) is 10.5. The molecule has 0 unspecified atom stereocenters. The van der Waals surface area contributed by atoms with Crippen molar-refractivity contribution in [3.63, 3.8) is 0 Å². The number of piperidine rings is 1. The van der Waals surface area contributed by atoms with Gasteiger partial charge in [-0.2, -0.15) is 27.8 Å². The molecule has 1 aromatic carbocycles. The van der Waals surface area contributed by atoms with Gasteiger partial charge in [0, 0.05) is 18.2 Å². The molecule has 1 aliphatic heterocycles. The number of nitrogens with zero attached hydrogens (tertiary/aromatic N) is 5. The van der Waals surface area contributed by atoms with Crippen molar-refractivity contribution >= 4 is 5.78 Å². The van der Waals surface area contributed by atoms with Crippen LogP contribution in [0.3, 0.4) is 0 Å². The minimum absolute atomic E-state index is 0.0150. The molecule has 0 N–H and O–H groups in total. The van der Waals surface area contributed by atoms with E-state index < -0.39 is 11.9 Å². The largest absolute Gasteiger partial charge is 0.489 e. The molecule has 6 nitrogen and oxygen atoms in total. The van der Waals surface area contributed by atoms with Crippen molar-refractivity contribution in [3.8, 4) is 5.75 Å². The second kappa shape index (κ2) is 8.66. The molecule has 0 amide bonds. The molecule has 164 valence electrons. The molecule has 0 bridgehead atoms. The highest BCUT2D eigenvalue weighted by Crippen LogP contribution is 2.33. The van der Waals surface area contributed by atoms with E-state index in [1.54, 1.807) is 0 Å². The summed E-state index contributed by atoms with van der Waals surface area (Å²) in [6.07, 6.45) is -1.94. The summed E-state index contributed by atoms with van der Waals surface area (Å²) in [5.41, 5.74) is 1.70. The Labute approximate surface area is 178 Å². The minimum atomic E-state index is -4.51. The first kappa shape index (κ1) is 21.3. The Bertz CT molecular complexity index is 1070. The summed E-state index contributed by atoms with van der Waals surface area (Å²) in [7, 11) is 0. The number of hydrogen-bond acceptors (Lipinski definition) is 5. The maximum Gasteiger partial charge on any atom is 0.433 e. The number of hydrogen-bond donors (Lipinski definition) is 0. The van der Waals surface area contributed by atoms with Crippen LogP contribution in [0.15, 0.2) is 48.8 Å². The van der Waals surface area contributed by atoms with Crippen molar-refractivity contribution in [2.24, 2.45) is 0 Å². The minimum Gasteiger partial charge on any atom is -0.489 e. The predicted molar refractivity (Wildman–Crippen MR) is 110 cm³/mol. The molecule has 0 aliphatic carbocycles. The number of alkyl halides is 3.